The highest BCUT2D eigenvalue weighted by Gasteiger charge is 2.27. The Balaban J connectivity index is 2.54. The zero-order valence-corrected chi connectivity index (χ0v) is 12.4. The minimum absolute atomic E-state index is 0.0803. The van der Waals surface area contributed by atoms with Crippen LogP contribution in [0.3, 0.4) is 0 Å². The van der Waals surface area contributed by atoms with Gasteiger partial charge in [-0.3, -0.25) is 4.79 Å². The van der Waals surface area contributed by atoms with Gasteiger partial charge in [-0.05, 0) is 24.6 Å². The van der Waals surface area contributed by atoms with Crippen molar-refractivity contribution in [1.29, 1.82) is 0 Å². The minimum atomic E-state index is -4.49. The lowest BCUT2D eigenvalue weighted by atomic mass is 10.1. The highest BCUT2D eigenvalue weighted by atomic mass is 32.2. The topological polar surface area (TPSA) is 98.5 Å². The predicted molar refractivity (Wildman–Crippen MR) is 71.2 cm³/mol. The van der Waals surface area contributed by atoms with E-state index in [9.17, 15) is 26.4 Å². The fraction of sp³-hybridized carbons (Fsp3) is 0.417. The Morgan fingerprint density at radius 1 is 1.32 bits per heavy atom. The number of benzene rings is 1. The molecule has 0 saturated carbocycles. The van der Waals surface area contributed by atoms with Gasteiger partial charge in [0.2, 0.25) is 15.9 Å². The van der Waals surface area contributed by atoms with Gasteiger partial charge in [-0.25, -0.2) is 13.6 Å². The molecule has 0 radical (unpaired) electrons. The third-order valence-electron chi connectivity index (χ3n) is 2.59. The third kappa shape index (κ3) is 6.41. The van der Waals surface area contributed by atoms with Crippen LogP contribution >= 0.6 is 0 Å². The fourth-order valence-electron chi connectivity index (χ4n) is 1.57. The van der Waals surface area contributed by atoms with Gasteiger partial charge in [0.15, 0.2) is 0 Å². The van der Waals surface area contributed by atoms with Gasteiger partial charge in [0.05, 0.1) is 10.9 Å². The van der Waals surface area contributed by atoms with Crippen molar-refractivity contribution < 1.29 is 31.1 Å². The van der Waals surface area contributed by atoms with Crippen LogP contribution in [0.2, 0.25) is 0 Å². The third-order valence-corrected chi connectivity index (χ3v) is 3.51. The average Bonchev–Trinajstić information content (AvgIpc) is 2.36. The second kappa shape index (κ2) is 7.07. The Labute approximate surface area is 125 Å². The molecule has 0 bridgehead atoms. The van der Waals surface area contributed by atoms with Gasteiger partial charge in [0, 0.05) is 0 Å². The molecule has 0 aromatic heterocycles. The monoisotopic (exact) mass is 340 g/mol. The van der Waals surface area contributed by atoms with E-state index in [0.29, 0.717) is 5.56 Å². The number of hydrogen-bond donors (Lipinski definition) is 2. The molecule has 0 aliphatic rings. The Hall–Kier alpha value is -1.65. The van der Waals surface area contributed by atoms with E-state index in [4.69, 9.17) is 5.14 Å². The molecule has 1 amide bonds. The second-order valence-corrected chi connectivity index (χ2v) is 6.07. The van der Waals surface area contributed by atoms with Crippen LogP contribution in [-0.4, -0.2) is 33.7 Å². The molecule has 0 aliphatic carbocycles. The Bertz CT molecular complexity index is 614. The Kier molecular flexibility index (Phi) is 5.92. The average molecular weight is 340 g/mol. The number of primary sulfonamides is 1. The van der Waals surface area contributed by atoms with Gasteiger partial charge < -0.3 is 10.1 Å². The van der Waals surface area contributed by atoms with Crippen molar-refractivity contribution in [3.63, 3.8) is 0 Å². The van der Waals surface area contributed by atoms with Crippen molar-refractivity contribution >= 4 is 15.9 Å². The molecule has 6 nitrogen and oxygen atoms in total. The SMILES string of the molecule is CC(NC(=O)COCC(F)(F)F)c1ccc(S(N)(=O)=O)cc1. The van der Waals surface area contributed by atoms with Gasteiger partial charge in [-0.15, -0.1) is 0 Å². The van der Waals surface area contributed by atoms with E-state index in [0.717, 1.165) is 0 Å². The molecule has 0 aliphatic heterocycles. The maximum atomic E-state index is 11.9. The molecule has 0 saturated heterocycles. The molecular weight excluding hydrogens is 325 g/mol. The van der Waals surface area contributed by atoms with Crippen molar-refractivity contribution in [2.75, 3.05) is 13.2 Å². The van der Waals surface area contributed by atoms with Crippen LogP contribution in [0.5, 0.6) is 0 Å². The summed E-state index contributed by atoms with van der Waals surface area (Å²) in [5.74, 6) is -0.715. The molecule has 1 aromatic rings. The number of ether oxygens (including phenoxy) is 1. The summed E-state index contributed by atoms with van der Waals surface area (Å²) in [6, 6.07) is 4.90. The number of alkyl halides is 3. The van der Waals surface area contributed by atoms with E-state index in [1.807, 2.05) is 0 Å². The van der Waals surface area contributed by atoms with E-state index in [1.54, 1.807) is 6.92 Å². The van der Waals surface area contributed by atoms with E-state index in [2.05, 4.69) is 10.1 Å². The van der Waals surface area contributed by atoms with Crippen LogP contribution in [0.15, 0.2) is 29.2 Å². The zero-order valence-electron chi connectivity index (χ0n) is 11.6. The van der Waals surface area contributed by atoms with Crippen molar-refractivity contribution in [2.24, 2.45) is 5.14 Å². The van der Waals surface area contributed by atoms with Crippen LogP contribution in [0, 0.1) is 0 Å². The molecule has 10 heteroatoms. The van der Waals surface area contributed by atoms with Crippen LogP contribution in [0.4, 0.5) is 13.2 Å². The van der Waals surface area contributed by atoms with Crippen LogP contribution in [-0.2, 0) is 19.6 Å². The van der Waals surface area contributed by atoms with Crippen molar-refractivity contribution in [2.45, 2.75) is 24.0 Å². The number of amides is 1. The smallest absolute Gasteiger partial charge is 0.362 e. The summed E-state index contributed by atoms with van der Waals surface area (Å²) in [5.41, 5.74) is 0.566. The zero-order chi connectivity index (χ0) is 17.0. The van der Waals surface area contributed by atoms with Gasteiger partial charge >= 0.3 is 6.18 Å². The lowest BCUT2D eigenvalue weighted by Gasteiger charge is -2.15. The molecule has 1 rings (SSSR count). The van der Waals surface area contributed by atoms with Crippen molar-refractivity contribution in [3.05, 3.63) is 29.8 Å². The first-order chi connectivity index (χ1) is 9.99. The van der Waals surface area contributed by atoms with Gasteiger partial charge in [-0.2, -0.15) is 13.2 Å². The van der Waals surface area contributed by atoms with Crippen molar-refractivity contribution in [1.82, 2.24) is 5.32 Å². The number of hydrogen-bond acceptors (Lipinski definition) is 4. The summed E-state index contributed by atoms with van der Waals surface area (Å²) in [6.07, 6.45) is -4.49. The fourth-order valence-corrected chi connectivity index (χ4v) is 2.09. The molecular formula is C12H15F3N2O4S. The summed E-state index contributed by atoms with van der Waals surface area (Å²) >= 11 is 0. The van der Waals surface area contributed by atoms with E-state index < -0.39 is 41.4 Å². The number of carbonyl (C=O) groups is 1. The summed E-state index contributed by atoms with van der Waals surface area (Å²) in [7, 11) is -3.81. The molecule has 1 aromatic carbocycles. The number of sulfonamides is 1. The molecule has 1 unspecified atom stereocenters. The molecule has 0 heterocycles. The summed E-state index contributed by atoms with van der Waals surface area (Å²) in [6.45, 7) is -0.634. The van der Waals surface area contributed by atoms with E-state index in [-0.39, 0.29) is 4.90 Å². The first-order valence-electron chi connectivity index (χ1n) is 6.05. The lowest BCUT2D eigenvalue weighted by Crippen LogP contribution is -2.31. The minimum Gasteiger partial charge on any atom is -0.362 e. The maximum absolute atomic E-state index is 11.9. The summed E-state index contributed by atoms with van der Waals surface area (Å²) in [5, 5.41) is 7.38. The number of rotatable bonds is 6. The van der Waals surface area contributed by atoms with Gasteiger partial charge in [0.1, 0.15) is 13.2 Å². The van der Waals surface area contributed by atoms with Crippen LogP contribution < -0.4 is 10.5 Å². The molecule has 22 heavy (non-hydrogen) atoms. The van der Waals surface area contributed by atoms with Gasteiger partial charge in [-0.1, -0.05) is 12.1 Å². The summed E-state index contributed by atoms with van der Waals surface area (Å²) < 4.78 is 62.0. The predicted octanol–water partition coefficient (Wildman–Crippen LogP) is 1.09. The normalized spacial score (nSPS) is 13.7. The first-order valence-corrected chi connectivity index (χ1v) is 7.60. The molecule has 3 N–H and O–H groups in total. The Morgan fingerprint density at radius 2 is 1.86 bits per heavy atom. The van der Waals surface area contributed by atoms with Crippen molar-refractivity contribution in [3.8, 4) is 0 Å². The van der Waals surface area contributed by atoms with E-state index in [1.165, 1.54) is 24.3 Å². The second-order valence-electron chi connectivity index (χ2n) is 4.51. The maximum Gasteiger partial charge on any atom is 0.411 e. The summed E-state index contributed by atoms with van der Waals surface area (Å²) in [4.78, 5) is 11.3. The highest BCUT2D eigenvalue weighted by Crippen LogP contribution is 2.16. The number of halogens is 3. The first kappa shape index (κ1) is 18.4. The lowest BCUT2D eigenvalue weighted by molar-refractivity contribution is -0.175. The number of nitrogens with two attached hydrogens (primary N) is 1. The number of nitrogens with one attached hydrogen (secondary N) is 1. The quantitative estimate of drug-likeness (QED) is 0.810. The Morgan fingerprint density at radius 3 is 2.32 bits per heavy atom. The molecule has 0 fully saturated rings. The standard InChI is InChI=1S/C12H15F3N2O4S/c1-8(17-11(18)6-21-7-12(13,14)15)9-2-4-10(5-3-9)22(16,19)20/h2-5,8H,6-7H2,1H3,(H,17,18)(H2,16,19,20). The largest absolute Gasteiger partial charge is 0.411 e. The number of carbonyl (C=O) groups excluding carboxylic acids is 1. The molecule has 1 atom stereocenters. The van der Waals surface area contributed by atoms with Crippen LogP contribution in [0.1, 0.15) is 18.5 Å². The molecule has 124 valence electrons. The van der Waals surface area contributed by atoms with E-state index >= 15 is 0 Å². The van der Waals surface area contributed by atoms with Crippen LogP contribution in [0.25, 0.3) is 0 Å². The highest BCUT2D eigenvalue weighted by molar-refractivity contribution is 7.89. The van der Waals surface area contributed by atoms with Gasteiger partial charge in [0.25, 0.3) is 0 Å². The molecule has 0 spiro atoms.